The zero-order chi connectivity index (χ0) is 23.9. The number of halogens is 5. The van der Waals surface area contributed by atoms with Crippen LogP contribution in [-0.4, -0.2) is 54.3 Å². The van der Waals surface area contributed by atoms with E-state index in [1.54, 1.807) is 0 Å². The third-order valence-corrected chi connectivity index (χ3v) is 6.78. The third kappa shape index (κ3) is 4.40. The van der Waals surface area contributed by atoms with E-state index in [1.165, 1.54) is 6.07 Å². The molecule has 0 unspecified atom stereocenters. The maximum absolute atomic E-state index is 13.4. The molecule has 0 spiro atoms. The van der Waals surface area contributed by atoms with E-state index in [0.29, 0.717) is 28.6 Å². The second kappa shape index (κ2) is 8.28. The summed E-state index contributed by atoms with van der Waals surface area (Å²) in [5.74, 6) is -2.69. The van der Waals surface area contributed by atoms with Gasteiger partial charge in [0.15, 0.2) is 11.6 Å². The lowest BCUT2D eigenvalue weighted by molar-refractivity contribution is -0.137. The van der Waals surface area contributed by atoms with Gasteiger partial charge in [0.1, 0.15) is 23.5 Å². The summed E-state index contributed by atoms with van der Waals surface area (Å²) in [6, 6.07) is 5.34. The first-order chi connectivity index (χ1) is 14.8. The molecule has 1 heterocycles. The molecule has 172 valence electrons. The zero-order valence-corrected chi connectivity index (χ0v) is 16.8. The molecule has 0 amide bonds. The van der Waals surface area contributed by atoms with Crippen molar-refractivity contribution in [2.45, 2.75) is 22.8 Å². The summed E-state index contributed by atoms with van der Waals surface area (Å²) in [7, 11) is -4.61. The van der Waals surface area contributed by atoms with Gasteiger partial charge in [-0.3, -0.25) is 0 Å². The van der Waals surface area contributed by atoms with Crippen molar-refractivity contribution in [2.75, 3.05) is 19.7 Å². The molecule has 32 heavy (non-hydrogen) atoms. The fourth-order valence-corrected chi connectivity index (χ4v) is 4.81. The van der Waals surface area contributed by atoms with Crippen molar-refractivity contribution >= 4 is 10.0 Å². The number of hydrogen-bond donors (Lipinski definition) is 2. The van der Waals surface area contributed by atoms with Crippen molar-refractivity contribution in [3.05, 3.63) is 59.2 Å². The van der Waals surface area contributed by atoms with Gasteiger partial charge in [-0.05, 0) is 30.3 Å². The van der Waals surface area contributed by atoms with Gasteiger partial charge in [-0.1, -0.05) is 0 Å². The fourth-order valence-electron chi connectivity index (χ4n) is 3.18. The predicted octanol–water partition coefficient (Wildman–Crippen LogP) is 2.03. The van der Waals surface area contributed by atoms with Gasteiger partial charge in [-0.2, -0.15) is 22.7 Å². The van der Waals surface area contributed by atoms with Crippen molar-refractivity contribution in [1.29, 1.82) is 5.26 Å². The first-order valence-corrected chi connectivity index (χ1v) is 10.3. The minimum Gasteiger partial charge on any atom is -0.486 e. The van der Waals surface area contributed by atoms with Gasteiger partial charge in [0.2, 0.25) is 10.0 Å². The number of benzene rings is 2. The summed E-state index contributed by atoms with van der Waals surface area (Å²) < 4.78 is 97.2. The van der Waals surface area contributed by atoms with Gasteiger partial charge in [0.05, 0.1) is 29.2 Å². The van der Waals surface area contributed by atoms with Crippen molar-refractivity contribution < 1.29 is 45.3 Å². The highest BCUT2D eigenvalue weighted by Crippen LogP contribution is 2.35. The van der Waals surface area contributed by atoms with Crippen LogP contribution in [0.15, 0.2) is 41.3 Å². The Morgan fingerprint density at radius 3 is 2.44 bits per heavy atom. The number of aliphatic hydroxyl groups is 2. The third-order valence-electron chi connectivity index (χ3n) is 4.91. The Hall–Kier alpha value is -2.79. The monoisotopic (exact) mass is 478 g/mol. The maximum atomic E-state index is 13.4. The van der Waals surface area contributed by atoms with E-state index >= 15 is 0 Å². The van der Waals surface area contributed by atoms with E-state index in [-0.39, 0.29) is 5.75 Å². The Morgan fingerprint density at radius 1 is 1.19 bits per heavy atom. The van der Waals surface area contributed by atoms with Crippen LogP contribution in [0, 0.1) is 23.0 Å². The summed E-state index contributed by atoms with van der Waals surface area (Å²) in [5.41, 5.74) is -4.16. The van der Waals surface area contributed by atoms with Crippen molar-refractivity contribution in [3.8, 4) is 11.8 Å². The number of alkyl halides is 3. The van der Waals surface area contributed by atoms with E-state index < -0.39 is 75.3 Å². The molecule has 1 saturated heterocycles. The zero-order valence-electron chi connectivity index (χ0n) is 16.0. The molecule has 13 heteroatoms. The molecule has 2 aromatic rings. The summed E-state index contributed by atoms with van der Waals surface area (Å²) in [4.78, 5) is -0.734. The number of rotatable bonds is 5. The highest BCUT2D eigenvalue weighted by Gasteiger charge is 2.51. The molecule has 1 aliphatic heterocycles. The highest BCUT2D eigenvalue weighted by atomic mass is 32.2. The molecule has 0 bridgehead atoms. The fraction of sp³-hybridized carbons (Fsp3) is 0.316. The van der Waals surface area contributed by atoms with Crippen LogP contribution in [0.5, 0.6) is 5.75 Å². The van der Waals surface area contributed by atoms with Crippen LogP contribution in [-0.2, 0) is 16.2 Å². The maximum Gasteiger partial charge on any atom is 0.416 e. The largest absolute Gasteiger partial charge is 0.486 e. The Bertz CT molecular complexity index is 1180. The average Bonchev–Trinajstić information content (AvgIpc) is 3.07. The minimum absolute atomic E-state index is 0.257. The molecule has 1 fully saturated rings. The highest BCUT2D eigenvalue weighted by molar-refractivity contribution is 7.89. The van der Waals surface area contributed by atoms with Gasteiger partial charge in [0, 0.05) is 12.6 Å². The van der Waals surface area contributed by atoms with Crippen LogP contribution in [0.3, 0.4) is 0 Å². The molecule has 1 aliphatic rings. The van der Waals surface area contributed by atoms with Crippen LogP contribution in [0.4, 0.5) is 22.0 Å². The molecule has 2 N–H and O–H groups in total. The normalized spacial score (nSPS) is 22.0. The van der Waals surface area contributed by atoms with Crippen molar-refractivity contribution in [2.24, 2.45) is 0 Å². The topological polar surface area (TPSA) is 111 Å². The number of sulfonamides is 1. The average molecular weight is 478 g/mol. The van der Waals surface area contributed by atoms with Crippen LogP contribution < -0.4 is 4.74 Å². The van der Waals surface area contributed by atoms with Crippen LogP contribution in [0.1, 0.15) is 11.1 Å². The Kier molecular flexibility index (Phi) is 6.18. The Labute approximate surface area is 178 Å². The lowest BCUT2D eigenvalue weighted by Gasteiger charge is -2.27. The number of nitriles is 1. The molecular formula is C19H15F5N2O5S. The first kappa shape index (κ1) is 23.9. The van der Waals surface area contributed by atoms with E-state index in [2.05, 4.69) is 0 Å². The van der Waals surface area contributed by atoms with E-state index in [4.69, 9.17) is 4.74 Å². The van der Waals surface area contributed by atoms with E-state index in [9.17, 15) is 45.8 Å². The quantitative estimate of drug-likeness (QED) is 0.637. The molecule has 0 aliphatic carbocycles. The second-order valence-corrected chi connectivity index (χ2v) is 8.97. The van der Waals surface area contributed by atoms with E-state index in [1.807, 2.05) is 0 Å². The molecular weight excluding hydrogens is 463 g/mol. The smallest absolute Gasteiger partial charge is 0.416 e. The molecule has 0 aromatic heterocycles. The van der Waals surface area contributed by atoms with Gasteiger partial charge >= 0.3 is 6.18 Å². The molecule has 0 saturated carbocycles. The summed E-state index contributed by atoms with van der Waals surface area (Å²) in [5, 5.41) is 29.4. The lowest BCUT2D eigenvalue weighted by atomic mass is 10.0. The molecule has 2 atom stereocenters. The summed E-state index contributed by atoms with van der Waals surface area (Å²) in [6.45, 7) is -2.30. The first-order valence-electron chi connectivity index (χ1n) is 8.88. The van der Waals surface area contributed by atoms with Crippen molar-refractivity contribution in [1.82, 2.24) is 4.31 Å². The minimum atomic E-state index is -4.80. The van der Waals surface area contributed by atoms with Crippen LogP contribution in [0.25, 0.3) is 0 Å². The lowest BCUT2D eigenvalue weighted by Crippen LogP contribution is -2.48. The van der Waals surface area contributed by atoms with Gasteiger partial charge in [-0.25, -0.2) is 17.2 Å². The Morgan fingerprint density at radius 2 is 1.88 bits per heavy atom. The number of nitrogens with zero attached hydrogens (tertiary/aromatic N) is 2. The number of hydrogen-bond acceptors (Lipinski definition) is 6. The summed E-state index contributed by atoms with van der Waals surface area (Å²) in [6.07, 6.45) is -6.24. The van der Waals surface area contributed by atoms with Gasteiger partial charge in [-0.15, -0.1) is 0 Å². The standard InChI is InChI=1S/C19H15F5N2O5S/c20-14-3-2-13(6-15(14)21)31-17-8-26(9-18(17,28)10-27)32(29,30)16-4-1-12(19(22,23)24)5-11(16)7-25/h1-6,17,27-28H,8-10H2/t17-,18+/m0/s1. The summed E-state index contributed by atoms with van der Waals surface area (Å²) >= 11 is 0. The predicted molar refractivity (Wildman–Crippen MR) is 97.7 cm³/mol. The van der Waals surface area contributed by atoms with Crippen LogP contribution in [0.2, 0.25) is 0 Å². The van der Waals surface area contributed by atoms with Gasteiger partial charge < -0.3 is 14.9 Å². The van der Waals surface area contributed by atoms with E-state index in [0.717, 1.165) is 12.1 Å². The molecule has 7 nitrogen and oxygen atoms in total. The van der Waals surface area contributed by atoms with Crippen LogP contribution >= 0.6 is 0 Å². The SMILES string of the molecule is N#Cc1cc(C(F)(F)F)ccc1S(=O)(=O)N1C[C@H](Oc2ccc(F)c(F)c2)[C@](O)(CO)C1. The van der Waals surface area contributed by atoms with Gasteiger partial charge in [0.25, 0.3) is 0 Å². The number of aliphatic hydroxyl groups excluding tert-OH is 1. The second-order valence-electron chi connectivity index (χ2n) is 7.06. The van der Waals surface area contributed by atoms with Crippen molar-refractivity contribution in [3.63, 3.8) is 0 Å². The Balaban J connectivity index is 1.94. The molecule has 3 rings (SSSR count). The number of ether oxygens (including phenoxy) is 1. The number of β-amino-alcohol motifs (C(OH)–C–C–N with tert-alkyl or cyclic N) is 1. The molecule has 0 radical (unpaired) electrons. The molecule has 2 aromatic carbocycles.